The summed E-state index contributed by atoms with van der Waals surface area (Å²) in [5, 5.41) is 0. The molecule has 0 N–H and O–H groups in total. The Hall–Kier alpha value is 4.20. The molecular formula is C15H30S12. The van der Waals surface area contributed by atoms with E-state index < -0.39 is 0 Å². The highest BCUT2D eigenvalue weighted by Crippen LogP contribution is 2.57. The van der Waals surface area contributed by atoms with Crippen LogP contribution in [0.25, 0.3) is 0 Å². The van der Waals surface area contributed by atoms with Gasteiger partial charge in [0.25, 0.3) is 0 Å². The molecule has 0 aromatic carbocycles. The van der Waals surface area contributed by atoms with Crippen LogP contribution in [0, 0.1) is 0 Å². The number of hydrogen-bond acceptors (Lipinski definition) is 12. The lowest BCUT2D eigenvalue weighted by atomic mass is 10.9. The Morgan fingerprint density at radius 1 is 0.444 bits per heavy atom. The van der Waals surface area contributed by atoms with E-state index in [0.717, 1.165) is 17.3 Å². The van der Waals surface area contributed by atoms with Gasteiger partial charge in [-0.05, 0) is 17.3 Å². The quantitative estimate of drug-likeness (QED) is 0.110. The van der Waals surface area contributed by atoms with Crippen LogP contribution in [0.5, 0.6) is 0 Å². The van der Waals surface area contributed by atoms with Gasteiger partial charge in [0.05, 0.1) is 11.7 Å². The molecule has 1 rings (SSSR count). The van der Waals surface area contributed by atoms with Gasteiger partial charge in [-0.1, -0.05) is 0 Å². The highest BCUT2D eigenvalue weighted by Gasteiger charge is 2.31. The Morgan fingerprint density at radius 2 is 0.741 bits per heavy atom. The Kier molecular flexibility index (Phi) is 23.8. The van der Waals surface area contributed by atoms with Gasteiger partial charge in [0.2, 0.25) is 0 Å². The SMILES string of the molecule is SCCSCCSC1SC(SCCSCCS)SC(SCCSCCS)S1. The second kappa shape index (κ2) is 22.0. The monoisotopic (exact) mass is 594 g/mol. The molecule has 0 aliphatic carbocycles. The maximum atomic E-state index is 4.30. The van der Waals surface area contributed by atoms with Gasteiger partial charge in [0.15, 0.2) is 0 Å². The van der Waals surface area contributed by atoms with Crippen molar-refractivity contribution in [2.45, 2.75) is 11.7 Å². The number of thiol groups is 3. The second-order valence-electron chi connectivity index (χ2n) is 4.89. The van der Waals surface area contributed by atoms with Crippen LogP contribution >= 0.6 is 144 Å². The van der Waals surface area contributed by atoms with Crippen LogP contribution < -0.4 is 0 Å². The summed E-state index contributed by atoms with van der Waals surface area (Å²) in [5.74, 6) is 14.1. The molecule has 1 saturated heterocycles. The average molecular weight is 595 g/mol. The number of rotatable bonds is 18. The second-order valence-corrected chi connectivity index (χ2v) is 19.9. The molecular weight excluding hydrogens is 565 g/mol. The molecule has 0 aromatic rings. The van der Waals surface area contributed by atoms with Gasteiger partial charge in [0.1, 0.15) is 0 Å². The van der Waals surface area contributed by atoms with Crippen LogP contribution in [0.4, 0.5) is 0 Å². The third-order valence-electron chi connectivity index (χ3n) is 2.82. The van der Waals surface area contributed by atoms with Crippen LogP contribution in [0.2, 0.25) is 0 Å². The molecule has 162 valence electrons. The summed E-state index contributed by atoms with van der Waals surface area (Å²) in [7, 11) is 0. The Labute approximate surface area is 221 Å². The predicted molar refractivity (Wildman–Crippen MR) is 165 cm³/mol. The van der Waals surface area contributed by atoms with E-state index >= 15 is 0 Å². The first-order chi connectivity index (χ1) is 13.3. The van der Waals surface area contributed by atoms with Gasteiger partial charge >= 0.3 is 0 Å². The predicted octanol–water partition coefficient (Wildman–Crippen LogP) is 7.24. The molecule has 1 aliphatic rings. The van der Waals surface area contributed by atoms with Crippen molar-refractivity contribution in [1.82, 2.24) is 0 Å². The van der Waals surface area contributed by atoms with E-state index in [2.05, 4.69) is 108 Å². The first-order valence-corrected chi connectivity index (χ1v) is 20.0. The fourth-order valence-electron chi connectivity index (χ4n) is 1.71. The normalized spacial score (nSPS) is 23.0. The zero-order valence-electron chi connectivity index (χ0n) is 15.2. The van der Waals surface area contributed by atoms with Crippen molar-refractivity contribution in [3.63, 3.8) is 0 Å². The smallest absolute Gasteiger partial charge is 0.0994 e. The van der Waals surface area contributed by atoms with E-state index in [1.54, 1.807) is 0 Å². The lowest BCUT2D eigenvalue weighted by molar-refractivity contribution is 1.49. The van der Waals surface area contributed by atoms with Crippen molar-refractivity contribution in [3.05, 3.63) is 0 Å². The summed E-state index contributed by atoms with van der Waals surface area (Å²) in [5.41, 5.74) is 0. The topological polar surface area (TPSA) is 0 Å². The minimum atomic E-state index is 0.688. The Bertz CT molecular complexity index is 268. The molecule has 1 aliphatic heterocycles. The highest BCUT2D eigenvalue weighted by atomic mass is 32.3. The highest BCUT2D eigenvalue weighted by molar-refractivity contribution is 8.51. The molecule has 12 heteroatoms. The van der Waals surface area contributed by atoms with Gasteiger partial charge in [-0.15, -0.1) is 70.6 Å². The maximum Gasteiger partial charge on any atom is 0.0994 e. The summed E-state index contributed by atoms with van der Waals surface area (Å²) < 4.78 is 2.06. The maximum absolute atomic E-state index is 4.30. The van der Waals surface area contributed by atoms with Crippen LogP contribution in [-0.2, 0) is 0 Å². The van der Waals surface area contributed by atoms with Crippen LogP contribution in [0.1, 0.15) is 0 Å². The summed E-state index contributed by atoms with van der Waals surface area (Å²) in [6.07, 6.45) is 0. The fraction of sp³-hybridized carbons (Fsp3) is 1.00. The molecule has 0 unspecified atom stereocenters. The summed E-state index contributed by atoms with van der Waals surface area (Å²) in [6, 6.07) is 0. The van der Waals surface area contributed by atoms with Crippen molar-refractivity contribution < 1.29 is 0 Å². The van der Waals surface area contributed by atoms with Crippen molar-refractivity contribution in [2.75, 3.05) is 69.0 Å². The third-order valence-corrected chi connectivity index (χ3v) is 18.0. The molecule has 0 saturated carbocycles. The van der Waals surface area contributed by atoms with Crippen molar-refractivity contribution >= 4 is 144 Å². The van der Waals surface area contributed by atoms with E-state index in [0.29, 0.717) is 11.7 Å². The van der Waals surface area contributed by atoms with E-state index in [4.69, 9.17) is 0 Å². The van der Waals surface area contributed by atoms with Gasteiger partial charge in [-0.3, -0.25) is 0 Å². The largest absolute Gasteiger partial charge is 0.179 e. The van der Waals surface area contributed by atoms with Crippen LogP contribution in [-0.4, -0.2) is 80.8 Å². The average Bonchev–Trinajstić information content (AvgIpc) is 2.67. The molecule has 0 aromatic heterocycles. The minimum Gasteiger partial charge on any atom is -0.179 e. The molecule has 0 nitrogen and oxygen atoms in total. The van der Waals surface area contributed by atoms with Crippen molar-refractivity contribution in [1.29, 1.82) is 0 Å². The van der Waals surface area contributed by atoms with Crippen molar-refractivity contribution in [3.8, 4) is 0 Å². The van der Waals surface area contributed by atoms with Gasteiger partial charge in [-0.25, -0.2) is 0 Å². The molecule has 0 radical (unpaired) electrons. The lowest BCUT2D eigenvalue weighted by Crippen LogP contribution is -2.14. The van der Waals surface area contributed by atoms with Gasteiger partial charge in [-0.2, -0.15) is 73.2 Å². The van der Waals surface area contributed by atoms with Gasteiger partial charge in [0, 0.05) is 51.8 Å². The number of hydrogen-bond donors (Lipinski definition) is 3. The van der Waals surface area contributed by atoms with Crippen LogP contribution in [0.3, 0.4) is 0 Å². The van der Waals surface area contributed by atoms with Crippen molar-refractivity contribution in [2.24, 2.45) is 0 Å². The third kappa shape index (κ3) is 17.4. The lowest BCUT2D eigenvalue weighted by Gasteiger charge is -2.32. The van der Waals surface area contributed by atoms with Crippen LogP contribution in [0.15, 0.2) is 0 Å². The molecule has 1 heterocycles. The Balaban J connectivity index is 2.31. The van der Waals surface area contributed by atoms with E-state index in [1.807, 2.05) is 35.3 Å². The minimum absolute atomic E-state index is 0.688. The van der Waals surface area contributed by atoms with E-state index in [9.17, 15) is 0 Å². The molecule has 0 atom stereocenters. The van der Waals surface area contributed by atoms with E-state index in [1.165, 1.54) is 51.8 Å². The van der Waals surface area contributed by atoms with E-state index in [-0.39, 0.29) is 0 Å². The molecule has 0 spiro atoms. The first-order valence-electron chi connectivity index (χ1n) is 8.67. The fourth-order valence-corrected chi connectivity index (χ4v) is 18.5. The number of thioether (sulfide) groups is 9. The zero-order chi connectivity index (χ0) is 19.6. The Morgan fingerprint density at radius 3 is 1.00 bits per heavy atom. The zero-order valence-corrected chi connectivity index (χ0v) is 25.3. The molecule has 0 bridgehead atoms. The summed E-state index contributed by atoms with van der Waals surface area (Å²) in [6.45, 7) is 0. The standard InChI is InChI=1S/C15H30S12/c16-1-4-19-7-10-22-13-25-14(23-11-8-20-5-2-17)27-15(26-13)24-12-9-21-6-3-18/h13-18H,1-12H2. The summed E-state index contributed by atoms with van der Waals surface area (Å²) >= 11 is 32.0. The molecule has 1 fully saturated rings. The first kappa shape index (κ1) is 29.2. The molecule has 0 amide bonds. The molecule has 27 heavy (non-hydrogen) atoms. The summed E-state index contributed by atoms with van der Waals surface area (Å²) in [4.78, 5) is 0. The van der Waals surface area contributed by atoms with Gasteiger partial charge < -0.3 is 0 Å².